The van der Waals surface area contributed by atoms with Gasteiger partial charge < -0.3 is 9.53 Å². The number of ether oxygens (including phenoxy) is 1. The molecule has 1 aliphatic heterocycles. The zero-order chi connectivity index (χ0) is 12.8. The Morgan fingerprint density at radius 3 is 2.19 bits per heavy atom. The van der Waals surface area contributed by atoms with Gasteiger partial charge in [0.2, 0.25) is 0 Å². The summed E-state index contributed by atoms with van der Waals surface area (Å²) in [6, 6.07) is 8.25. The number of aryl methyl sites for hydroxylation is 1. The van der Waals surface area contributed by atoms with Crippen LogP contribution in [-0.4, -0.2) is 13.4 Å². The van der Waals surface area contributed by atoms with Crippen LogP contribution in [0.1, 0.15) is 39.7 Å². The second kappa shape index (κ2) is 13.7. The van der Waals surface area contributed by atoms with E-state index in [4.69, 9.17) is 9.53 Å². The van der Waals surface area contributed by atoms with Gasteiger partial charge in [0, 0.05) is 0 Å². The number of fused-ring (bicyclic) bond motifs is 1. The zero-order valence-corrected chi connectivity index (χ0v) is 11.0. The third-order valence-corrected chi connectivity index (χ3v) is 1.82. The number of carbonyl (C=O) groups excluding carboxylic acids is 1. The monoisotopic (exact) mass is 224 g/mol. The second-order valence-electron chi connectivity index (χ2n) is 2.56. The molecule has 2 nitrogen and oxygen atoms in total. The average molecular weight is 224 g/mol. The second-order valence-corrected chi connectivity index (χ2v) is 2.56. The van der Waals surface area contributed by atoms with Crippen molar-refractivity contribution >= 4 is 6.79 Å². The smallest absolute Gasteiger partial charge is 0.122 e. The van der Waals surface area contributed by atoms with Crippen molar-refractivity contribution in [2.75, 3.05) is 6.61 Å². The first-order valence-corrected chi connectivity index (χ1v) is 5.96. The molecule has 0 radical (unpaired) electrons. The SMILES string of the molecule is C=O.CC.CC.c1ccc2c(c1)CCCO2. The number of carbonyl (C=O) groups is 1. The molecule has 0 atom stereocenters. The van der Waals surface area contributed by atoms with Crippen molar-refractivity contribution in [3.8, 4) is 5.75 Å². The Labute approximate surface area is 99.6 Å². The first-order chi connectivity index (χ1) is 7.97. The molecule has 1 aromatic carbocycles. The zero-order valence-electron chi connectivity index (χ0n) is 11.0. The van der Waals surface area contributed by atoms with Gasteiger partial charge in [-0.3, -0.25) is 0 Å². The molecule has 0 spiro atoms. The van der Waals surface area contributed by atoms with Crippen LogP contribution in [0.25, 0.3) is 0 Å². The van der Waals surface area contributed by atoms with Crippen LogP contribution in [0, 0.1) is 0 Å². The van der Waals surface area contributed by atoms with E-state index in [0.29, 0.717) is 0 Å². The minimum absolute atomic E-state index is 0.886. The summed E-state index contributed by atoms with van der Waals surface area (Å²) in [6.45, 7) is 10.9. The Morgan fingerprint density at radius 1 is 1.06 bits per heavy atom. The highest BCUT2D eigenvalue weighted by Crippen LogP contribution is 2.22. The minimum Gasteiger partial charge on any atom is -0.493 e. The number of hydrogen-bond donors (Lipinski definition) is 0. The Bertz CT molecular complexity index is 221. The molecule has 2 rings (SSSR count). The molecule has 0 saturated heterocycles. The average Bonchev–Trinajstić information content (AvgIpc) is 2.45. The van der Waals surface area contributed by atoms with E-state index in [-0.39, 0.29) is 0 Å². The maximum Gasteiger partial charge on any atom is 0.122 e. The normalized spacial score (nSPS) is 10.8. The summed E-state index contributed by atoms with van der Waals surface area (Å²) >= 11 is 0. The molecule has 0 bridgehead atoms. The van der Waals surface area contributed by atoms with Gasteiger partial charge in [0.15, 0.2) is 0 Å². The van der Waals surface area contributed by atoms with E-state index in [1.165, 1.54) is 12.0 Å². The van der Waals surface area contributed by atoms with Crippen molar-refractivity contribution in [1.29, 1.82) is 0 Å². The number of hydrogen-bond acceptors (Lipinski definition) is 2. The highest BCUT2D eigenvalue weighted by molar-refractivity contribution is 5.34. The predicted molar refractivity (Wildman–Crippen MR) is 70.1 cm³/mol. The lowest BCUT2D eigenvalue weighted by molar-refractivity contribution is -0.0979. The van der Waals surface area contributed by atoms with Gasteiger partial charge in [-0.1, -0.05) is 45.9 Å². The van der Waals surface area contributed by atoms with Gasteiger partial charge in [-0.2, -0.15) is 0 Å². The molecule has 0 amide bonds. The van der Waals surface area contributed by atoms with Crippen LogP contribution in [0.15, 0.2) is 24.3 Å². The summed E-state index contributed by atoms with van der Waals surface area (Å²) in [6.07, 6.45) is 2.34. The van der Waals surface area contributed by atoms with E-state index >= 15 is 0 Å². The van der Waals surface area contributed by atoms with E-state index in [1.54, 1.807) is 0 Å². The van der Waals surface area contributed by atoms with Gasteiger partial charge in [-0.25, -0.2) is 0 Å². The molecule has 2 heteroatoms. The molecule has 0 N–H and O–H groups in total. The lowest BCUT2D eigenvalue weighted by Gasteiger charge is -2.15. The van der Waals surface area contributed by atoms with Gasteiger partial charge in [-0.15, -0.1) is 0 Å². The summed E-state index contributed by atoms with van der Waals surface area (Å²) in [5.74, 6) is 1.08. The van der Waals surface area contributed by atoms with Crippen molar-refractivity contribution in [2.24, 2.45) is 0 Å². The number of rotatable bonds is 0. The largest absolute Gasteiger partial charge is 0.493 e. The molecular formula is C14H24O2. The number of benzene rings is 1. The molecule has 0 saturated carbocycles. The quantitative estimate of drug-likeness (QED) is 0.668. The lowest BCUT2D eigenvalue weighted by Crippen LogP contribution is -2.07. The summed E-state index contributed by atoms with van der Waals surface area (Å²) in [4.78, 5) is 8.00. The molecular weight excluding hydrogens is 200 g/mol. The van der Waals surface area contributed by atoms with Crippen molar-refractivity contribution < 1.29 is 9.53 Å². The molecule has 0 aliphatic carbocycles. The fourth-order valence-corrected chi connectivity index (χ4v) is 1.30. The van der Waals surface area contributed by atoms with E-state index < -0.39 is 0 Å². The highest BCUT2D eigenvalue weighted by atomic mass is 16.5. The fourth-order valence-electron chi connectivity index (χ4n) is 1.30. The van der Waals surface area contributed by atoms with Crippen molar-refractivity contribution in [3.05, 3.63) is 29.8 Å². The van der Waals surface area contributed by atoms with Crippen LogP contribution < -0.4 is 4.74 Å². The van der Waals surface area contributed by atoms with E-state index in [9.17, 15) is 0 Å². The topological polar surface area (TPSA) is 26.3 Å². The van der Waals surface area contributed by atoms with Crippen LogP contribution in [0.5, 0.6) is 5.75 Å². The van der Waals surface area contributed by atoms with E-state index in [0.717, 1.165) is 18.8 Å². The Balaban J connectivity index is 0. The third-order valence-electron chi connectivity index (χ3n) is 1.82. The van der Waals surface area contributed by atoms with Crippen molar-refractivity contribution in [2.45, 2.75) is 40.5 Å². The summed E-state index contributed by atoms with van der Waals surface area (Å²) < 4.78 is 5.42. The molecule has 0 unspecified atom stereocenters. The molecule has 92 valence electrons. The molecule has 16 heavy (non-hydrogen) atoms. The maximum absolute atomic E-state index is 8.00. The van der Waals surface area contributed by atoms with Gasteiger partial charge >= 0.3 is 0 Å². The Hall–Kier alpha value is -1.31. The highest BCUT2D eigenvalue weighted by Gasteiger charge is 2.06. The maximum atomic E-state index is 8.00. The van der Waals surface area contributed by atoms with E-state index in [1.807, 2.05) is 46.6 Å². The third kappa shape index (κ3) is 6.23. The standard InChI is InChI=1S/C9H10O.2C2H6.CH2O/c1-2-6-9-8(4-1)5-3-7-10-9;3*1-2/h1-2,4,6H,3,5,7H2;2*1-2H3;1H2. The van der Waals surface area contributed by atoms with Crippen LogP contribution in [0.4, 0.5) is 0 Å². The summed E-state index contributed by atoms with van der Waals surface area (Å²) in [7, 11) is 0. The predicted octanol–water partition coefficient (Wildman–Crippen LogP) is 3.88. The molecule has 1 aliphatic rings. The first-order valence-electron chi connectivity index (χ1n) is 5.96. The molecule has 0 aromatic heterocycles. The van der Waals surface area contributed by atoms with Gasteiger partial charge in [0.25, 0.3) is 0 Å². The molecule has 1 heterocycles. The van der Waals surface area contributed by atoms with Gasteiger partial charge in [0.1, 0.15) is 12.5 Å². The van der Waals surface area contributed by atoms with Crippen LogP contribution in [-0.2, 0) is 11.2 Å². The van der Waals surface area contributed by atoms with Gasteiger partial charge in [0.05, 0.1) is 6.61 Å². The molecule has 1 aromatic rings. The summed E-state index contributed by atoms with van der Waals surface area (Å²) in [5.41, 5.74) is 1.36. The lowest BCUT2D eigenvalue weighted by atomic mass is 10.1. The van der Waals surface area contributed by atoms with Crippen molar-refractivity contribution in [1.82, 2.24) is 0 Å². The van der Waals surface area contributed by atoms with Crippen LogP contribution in [0.2, 0.25) is 0 Å². The summed E-state index contributed by atoms with van der Waals surface area (Å²) in [5, 5.41) is 0. The first kappa shape index (κ1) is 17.1. The Morgan fingerprint density at radius 2 is 1.62 bits per heavy atom. The fraction of sp³-hybridized carbons (Fsp3) is 0.500. The van der Waals surface area contributed by atoms with Gasteiger partial charge in [-0.05, 0) is 24.5 Å². The van der Waals surface area contributed by atoms with Crippen LogP contribution in [0.3, 0.4) is 0 Å². The minimum atomic E-state index is 0.886. The van der Waals surface area contributed by atoms with E-state index in [2.05, 4.69) is 12.1 Å². The number of para-hydroxylation sites is 1. The van der Waals surface area contributed by atoms with Crippen molar-refractivity contribution in [3.63, 3.8) is 0 Å². The van der Waals surface area contributed by atoms with Crippen LogP contribution >= 0.6 is 0 Å². The Kier molecular flexibility index (Phi) is 14.6. The molecule has 0 fully saturated rings.